The summed E-state index contributed by atoms with van der Waals surface area (Å²) in [5, 5.41) is 11.5. The fraction of sp³-hybridized carbons (Fsp3) is 0.143. The second-order valence-electron chi connectivity index (χ2n) is 2.06. The van der Waals surface area contributed by atoms with Gasteiger partial charge >= 0.3 is 75.9 Å². The molecule has 0 spiro atoms. The molecule has 0 heterocycles. The SMILES string of the molecule is CN([O-])c1ccc([I-]O)cc1. The number of hydrogen-bond acceptors (Lipinski definition) is 3. The molecule has 0 saturated heterocycles. The molecule has 1 rings (SSSR count). The molecule has 0 atom stereocenters. The zero-order valence-corrected chi connectivity index (χ0v) is 8.15. The fourth-order valence-electron chi connectivity index (χ4n) is 0.707. The third-order valence-corrected chi connectivity index (χ3v) is 2.56. The first kappa shape index (κ1) is 8.76. The Labute approximate surface area is 76.0 Å². The second kappa shape index (κ2) is 3.89. The molecule has 0 unspecified atom stereocenters. The molecular weight excluding hydrogens is 257 g/mol. The molecule has 0 saturated carbocycles. The van der Waals surface area contributed by atoms with Crippen molar-refractivity contribution in [1.82, 2.24) is 0 Å². The molecule has 4 heteroatoms. The Kier molecular flexibility index (Phi) is 3.10. The van der Waals surface area contributed by atoms with Crippen molar-refractivity contribution in [1.29, 1.82) is 0 Å². The zero-order valence-electron chi connectivity index (χ0n) is 5.99. The summed E-state index contributed by atoms with van der Waals surface area (Å²) >= 11 is -0.844. The van der Waals surface area contributed by atoms with Crippen molar-refractivity contribution in [2.24, 2.45) is 0 Å². The fourth-order valence-corrected chi connectivity index (χ4v) is 1.39. The molecule has 11 heavy (non-hydrogen) atoms. The monoisotopic (exact) mass is 265 g/mol. The summed E-state index contributed by atoms with van der Waals surface area (Å²) in [4.78, 5) is 0. The predicted octanol–water partition coefficient (Wildman–Crippen LogP) is -2.21. The van der Waals surface area contributed by atoms with E-state index in [1.165, 1.54) is 7.05 Å². The van der Waals surface area contributed by atoms with Crippen LogP contribution in [0.15, 0.2) is 24.3 Å². The Morgan fingerprint density at radius 3 is 2.27 bits per heavy atom. The summed E-state index contributed by atoms with van der Waals surface area (Å²) < 4.78 is 9.71. The first-order chi connectivity index (χ1) is 5.24. The van der Waals surface area contributed by atoms with Crippen LogP contribution in [0.5, 0.6) is 0 Å². The van der Waals surface area contributed by atoms with Gasteiger partial charge in [-0.25, -0.2) is 0 Å². The molecule has 0 aliphatic rings. The van der Waals surface area contributed by atoms with Gasteiger partial charge in [-0.05, 0) is 0 Å². The van der Waals surface area contributed by atoms with Crippen molar-refractivity contribution in [2.75, 3.05) is 12.1 Å². The van der Waals surface area contributed by atoms with Crippen LogP contribution < -0.4 is 26.7 Å². The van der Waals surface area contributed by atoms with E-state index in [1.54, 1.807) is 24.3 Å². The van der Waals surface area contributed by atoms with Gasteiger partial charge in [-0.3, -0.25) is 0 Å². The molecular formula is C7H8INO2-2. The Balaban J connectivity index is 2.83. The summed E-state index contributed by atoms with van der Waals surface area (Å²) in [7, 11) is 1.45. The number of hydroxylamine groups is 1. The molecule has 0 aliphatic carbocycles. The van der Waals surface area contributed by atoms with Gasteiger partial charge in [0.25, 0.3) is 0 Å². The zero-order chi connectivity index (χ0) is 8.27. The van der Waals surface area contributed by atoms with Crippen LogP contribution in [-0.2, 0) is 0 Å². The van der Waals surface area contributed by atoms with Crippen LogP contribution >= 0.6 is 0 Å². The summed E-state index contributed by atoms with van der Waals surface area (Å²) in [5.41, 5.74) is 0.617. The van der Waals surface area contributed by atoms with Crippen molar-refractivity contribution in [3.63, 3.8) is 0 Å². The first-order valence-electron chi connectivity index (χ1n) is 3.03. The standard InChI is InChI=1S/C7H8INO2/c1-9(11)7-4-2-6(8-10)3-5-7/h2-5,10H,1H3/q-2. The van der Waals surface area contributed by atoms with Gasteiger partial charge in [0.2, 0.25) is 0 Å². The summed E-state index contributed by atoms with van der Waals surface area (Å²) in [6.45, 7) is 0. The maximum atomic E-state index is 10.7. The topological polar surface area (TPSA) is 46.5 Å². The van der Waals surface area contributed by atoms with Gasteiger partial charge in [-0.2, -0.15) is 0 Å². The first-order valence-corrected chi connectivity index (χ1v) is 5.08. The molecule has 1 aromatic rings. The van der Waals surface area contributed by atoms with E-state index in [0.717, 1.165) is 8.63 Å². The van der Waals surface area contributed by atoms with Crippen molar-refractivity contribution < 1.29 is 25.1 Å². The minimum atomic E-state index is -0.844. The third kappa shape index (κ3) is 2.32. The quantitative estimate of drug-likeness (QED) is 0.487. The van der Waals surface area contributed by atoms with E-state index in [4.69, 9.17) is 3.44 Å². The number of rotatable bonds is 2. The Morgan fingerprint density at radius 1 is 1.36 bits per heavy atom. The van der Waals surface area contributed by atoms with Crippen LogP contribution in [0.3, 0.4) is 0 Å². The molecule has 0 bridgehead atoms. The number of nitrogens with zero attached hydrogens (tertiary/aromatic N) is 1. The molecule has 1 N–H and O–H groups in total. The van der Waals surface area contributed by atoms with E-state index in [-0.39, 0.29) is 0 Å². The molecule has 0 amide bonds. The minimum absolute atomic E-state index is 0.617. The van der Waals surface area contributed by atoms with Gasteiger partial charge in [0.05, 0.1) is 0 Å². The second-order valence-corrected chi connectivity index (χ2v) is 3.79. The molecule has 0 aromatic heterocycles. The van der Waals surface area contributed by atoms with Crippen molar-refractivity contribution in [2.45, 2.75) is 0 Å². The molecule has 0 aliphatic heterocycles. The third-order valence-electron chi connectivity index (χ3n) is 1.29. The molecule has 0 fully saturated rings. The van der Waals surface area contributed by atoms with Crippen LogP contribution in [-0.4, -0.2) is 10.5 Å². The van der Waals surface area contributed by atoms with Gasteiger partial charge in [-0.15, -0.1) is 0 Å². The summed E-state index contributed by atoms with van der Waals surface area (Å²) in [6, 6.07) is 6.96. The van der Waals surface area contributed by atoms with Crippen LogP contribution in [0.4, 0.5) is 5.69 Å². The van der Waals surface area contributed by atoms with Crippen molar-refractivity contribution >= 4 is 5.69 Å². The summed E-state index contributed by atoms with van der Waals surface area (Å²) in [5.74, 6) is 0. The van der Waals surface area contributed by atoms with E-state index in [1.807, 2.05) is 0 Å². The summed E-state index contributed by atoms with van der Waals surface area (Å²) in [6.07, 6.45) is 0. The maximum absolute atomic E-state index is 10.7. The van der Waals surface area contributed by atoms with Crippen LogP contribution in [0.1, 0.15) is 0 Å². The molecule has 3 nitrogen and oxygen atoms in total. The van der Waals surface area contributed by atoms with Crippen LogP contribution in [0.2, 0.25) is 0 Å². The molecule has 1 aromatic carbocycles. The van der Waals surface area contributed by atoms with Gasteiger partial charge in [0.15, 0.2) is 0 Å². The normalized spacial score (nSPS) is 10.1. The Bertz CT molecular complexity index is 222. The number of anilines is 1. The Morgan fingerprint density at radius 2 is 1.91 bits per heavy atom. The number of halogens is 1. The van der Waals surface area contributed by atoms with Crippen LogP contribution in [0.25, 0.3) is 0 Å². The van der Waals surface area contributed by atoms with Crippen LogP contribution in [0, 0.1) is 8.78 Å². The number of hydrogen-bond donors (Lipinski definition) is 1. The predicted molar refractivity (Wildman–Crippen MR) is 39.1 cm³/mol. The van der Waals surface area contributed by atoms with Crippen molar-refractivity contribution in [3.8, 4) is 0 Å². The van der Waals surface area contributed by atoms with Crippen molar-refractivity contribution in [3.05, 3.63) is 33.0 Å². The van der Waals surface area contributed by atoms with E-state index >= 15 is 0 Å². The van der Waals surface area contributed by atoms with Gasteiger partial charge in [0, 0.05) is 0 Å². The molecule has 0 radical (unpaired) electrons. The Hall–Kier alpha value is -0.330. The van der Waals surface area contributed by atoms with Gasteiger partial charge < -0.3 is 0 Å². The van der Waals surface area contributed by atoms with Gasteiger partial charge in [-0.1, -0.05) is 0 Å². The van der Waals surface area contributed by atoms with E-state index in [9.17, 15) is 5.21 Å². The average Bonchev–Trinajstić information content (AvgIpc) is 2.05. The van der Waals surface area contributed by atoms with E-state index < -0.39 is 21.6 Å². The number of benzene rings is 1. The van der Waals surface area contributed by atoms with E-state index in [2.05, 4.69) is 0 Å². The van der Waals surface area contributed by atoms with E-state index in [0.29, 0.717) is 5.69 Å². The average molecular weight is 265 g/mol. The van der Waals surface area contributed by atoms with Gasteiger partial charge in [0.1, 0.15) is 0 Å². The molecule has 62 valence electrons.